The van der Waals surface area contributed by atoms with Gasteiger partial charge in [0, 0.05) is 23.8 Å². The van der Waals surface area contributed by atoms with E-state index in [4.69, 9.17) is 16.1 Å². The van der Waals surface area contributed by atoms with Crippen LogP contribution in [0.1, 0.15) is 18.0 Å². The molecule has 4 aromatic rings. The summed E-state index contributed by atoms with van der Waals surface area (Å²) in [4.78, 5) is 16.6. The zero-order chi connectivity index (χ0) is 22.6. The van der Waals surface area contributed by atoms with Gasteiger partial charge in [-0.3, -0.25) is 14.1 Å². The molecule has 0 aliphatic carbocycles. The van der Waals surface area contributed by atoms with E-state index in [1.54, 1.807) is 24.4 Å². The maximum absolute atomic E-state index is 13.0. The van der Waals surface area contributed by atoms with Crippen molar-refractivity contribution in [1.29, 1.82) is 0 Å². The number of nitrogens with one attached hydrogen (secondary N) is 1. The van der Waals surface area contributed by atoms with Gasteiger partial charge in [0.25, 0.3) is 0 Å². The lowest BCUT2D eigenvalue weighted by Crippen LogP contribution is -2.30. The summed E-state index contributed by atoms with van der Waals surface area (Å²) in [5, 5.41) is 4.27. The average Bonchev–Trinajstić information content (AvgIpc) is 3.18. The number of pyridine rings is 1. The second kappa shape index (κ2) is 9.47. The summed E-state index contributed by atoms with van der Waals surface area (Å²) in [6.45, 7) is 0.164. The quantitative estimate of drug-likeness (QED) is 0.421. The van der Waals surface area contributed by atoms with Gasteiger partial charge in [0.15, 0.2) is 0 Å². The van der Waals surface area contributed by atoms with Crippen LogP contribution < -0.4 is 10.5 Å². The van der Waals surface area contributed by atoms with E-state index in [0.717, 1.165) is 5.56 Å². The van der Waals surface area contributed by atoms with Crippen molar-refractivity contribution in [3.8, 4) is 11.5 Å². The van der Waals surface area contributed by atoms with Crippen LogP contribution >= 0.6 is 11.6 Å². The van der Waals surface area contributed by atoms with E-state index in [1.165, 1.54) is 28.8 Å². The van der Waals surface area contributed by atoms with Crippen LogP contribution in [0.2, 0.25) is 5.02 Å². The Morgan fingerprint density at radius 3 is 2.41 bits per heavy atom. The number of rotatable bonds is 8. The molecule has 1 atom stereocenters. The van der Waals surface area contributed by atoms with E-state index in [1.807, 2.05) is 30.3 Å². The maximum Gasteiger partial charge on any atom is 0.441 e. The molecule has 0 aliphatic heterocycles. The molecule has 1 N–H and O–H groups in total. The molecule has 0 bridgehead atoms. The molecule has 10 heteroatoms. The monoisotopic (exact) mass is 470 g/mol. The summed E-state index contributed by atoms with van der Waals surface area (Å²) in [7, 11) is -3.84. The molecule has 4 rings (SSSR count). The molecule has 2 aromatic heterocycles. The molecule has 164 valence electrons. The number of sulfonamides is 1. The Morgan fingerprint density at radius 2 is 1.72 bits per heavy atom. The van der Waals surface area contributed by atoms with Crippen molar-refractivity contribution in [3.05, 3.63) is 100 Å². The molecule has 32 heavy (non-hydrogen) atoms. The zero-order valence-corrected chi connectivity index (χ0v) is 18.3. The van der Waals surface area contributed by atoms with Gasteiger partial charge in [0.05, 0.1) is 4.90 Å². The standard InChI is InChI=1S/C22H19ClN4O4S/c23-17-9-11-18(12-10-17)32(29,30)26-19(16-6-2-1-3-7-16)13-15-27-21(25-31-22(27)28)20-8-4-5-14-24-20/h1-12,14,19,26H,13,15H2. The summed E-state index contributed by atoms with van der Waals surface area (Å²) in [6, 6.07) is 19.7. The first kappa shape index (κ1) is 21.9. The number of hydrogen-bond donors (Lipinski definition) is 1. The van der Waals surface area contributed by atoms with E-state index in [9.17, 15) is 13.2 Å². The second-order valence-corrected chi connectivity index (χ2v) is 9.12. The van der Waals surface area contributed by atoms with E-state index in [0.29, 0.717) is 10.7 Å². The molecule has 0 radical (unpaired) electrons. The largest absolute Gasteiger partial charge is 0.441 e. The first-order valence-corrected chi connectivity index (χ1v) is 11.6. The van der Waals surface area contributed by atoms with Gasteiger partial charge in [-0.1, -0.05) is 53.2 Å². The predicted molar refractivity (Wildman–Crippen MR) is 120 cm³/mol. The summed E-state index contributed by atoms with van der Waals surface area (Å²) in [6.07, 6.45) is 1.86. The highest BCUT2D eigenvalue weighted by Gasteiger charge is 2.23. The number of hydrogen-bond acceptors (Lipinski definition) is 6. The van der Waals surface area contributed by atoms with E-state index < -0.39 is 21.8 Å². The van der Waals surface area contributed by atoms with E-state index in [-0.39, 0.29) is 23.7 Å². The summed E-state index contributed by atoms with van der Waals surface area (Å²) in [5.41, 5.74) is 1.24. The second-order valence-electron chi connectivity index (χ2n) is 6.97. The lowest BCUT2D eigenvalue weighted by molar-refractivity contribution is 0.372. The fourth-order valence-corrected chi connectivity index (χ4v) is 4.64. The fraction of sp³-hybridized carbons (Fsp3) is 0.136. The molecule has 0 spiro atoms. The Morgan fingerprint density at radius 1 is 1.00 bits per heavy atom. The lowest BCUT2D eigenvalue weighted by Gasteiger charge is -2.19. The van der Waals surface area contributed by atoms with Gasteiger partial charge < -0.3 is 0 Å². The Kier molecular flexibility index (Phi) is 6.50. The highest BCUT2D eigenvalue weighted by molar-refractivity contribution is 7.89. The maximum atomic E-state index is 13.0. The number of benzene rings is 2. The van der Waals surface area contributed by atoms with Gasteiger partial charge in [0.2, 0.25) is 15.8 Å². The zero-order valence-electron chi connectivity index (χ0n) is 16.8. The number of nitrogens with zero attached hydrogens (tertiary/aromatic N) is 3. The smallest absolute Gasteiger partial charge is 0.295 e. The third-order valence-corrected chi connectivity index (χ3v) is 6.58. The van der Waals surface area contributed by atoms with Gasteiger partial charge in [-0.25, -0.2) is 17.9 Å². The molecule has 0 aliphatic rings. The molecule has 0 saturated carbocycles. The fourth-order valence-electron chi connectivity index (χ4n) is 3.25. The number of halogens is 1. The van der Waals surface area contributed by atoms with Crippen LogP contribution in [0.15, 0.2) is 93.2 Å². The molecular weight excluding hydrogens is 452 g/mol. The third kappa shape index (κ3) is 4.96. The molecule has 1 unspecified atom stereocenters. The average molecular weight is 471 g/mol. The van der Waals surface area contributed by atoms with Crippen molar-refractivity contribution < 1.29 is 12.9 Å². The molecule has 8 nitrogen and oxygen atoms in total. The van der Waals surface area contributed by atoms with Crippen LogP contribution in [0.4, 0.5) is 0 Å². The van der Waals surface area contributed by atoms with Crippen LogP contribution in [-0.4, -0.2) is 23.1 Å². The Hall–Kier alpha value is -3.27. The molecule has 0 fully saturated rings. The van der Waals surface area contributed by atoms with Crippen molar-refractivity contribution in [1.82, 2.24) is 19.4 Å². The van der Waals surface area contributed by atoms with Gasteiger partial charge in [-0.05, 0) is 48.4 Å². The minimum Gasteiger partial charge on any atom is -0.295 e. The third-order valence-electron chi connectivity index (χ3n) is 4.84. The molecule has 0 amide bonds. The first-order chi connectivity index (χ1) is 15.4. The van der Waals surface area contributed by atoms with Crippen molar-refractivity contribution >= 4 is 21.6 Å². The molecule has 0 saturated heterocycles. The predicted octanol–water partition coefficient (Wildman–Crippen LogP) is 3.66. The first-order valence-electron chi connectivity index (χ1n) is 9.75. The highest BCUT2D eigenvalue weighted by atomic mass is 35.5. The van der Waals surface area contributed by atoms with Gasteiger partial charge >= 0.3 is 5.76 Å². The molecule has 2 aromatic carbocycles. The van der Waals surface area contributed by atoms with E-state index >= 15 is 0 Å². The molecule has 2 heterocycles. The SMILES string of the molecule is O=c1onc(-c2ccccn2)n1CCC(NS(=O)(=O)c1ccc(Cl)cc1)c1ccccc1. The summed E-state index contributed by atoms with van der Waals surface area (Å²) < 4.78 is 34.9. The van der Waals surface area contributed by atoms with Crippen LogP contribution in [0.3, 0.4) is 0 Å². The van der Waals surface area contributed by atoms with E-state index in [2.05, 4.69) is 14.9 Å². The summed E-state index contributed by atoms with van der Waals surface area (Å²) in [5.74, 6) is -0.360. The van der Waals surface area contributed by atoms with Crippen LogP contribution in [0.5, 0.6) is 0 Å². The van der Waals surface area contributed by atoms with Crippen molar-refractivity contribution in [2.75, 3.05) is 0 Å². The minimum absolute atomic E-state index is 0.0964. The Labute approximate surface area is 189 Å². The minimum atomic E-state index is -3.84. The van der Waals surface area contributed by atoms with Crippen molar-refractivity contribution in [2.24, 2.45) is 0 Å². The van der Waals surface area contributed by atoms with Crippen molar-refractivity contribution in [3.63, 3.8) is 0 Å². The normalized spacial score (nSPS) is 12.5. The van der Waals surface area contributed by atoms with Crippen LogP contribution in [-0.2, 0) is 16.6 Å². The Bertz CT molecular complexity index is 1340. The molecular formula is C22H19ClN4O4S. The summed E-state index contributed by atoms with van der Waals surface area (Å²) >= 11 is 5.88. The highest BCUT2D eigenvalue weighted by Crippen LogP contribution is 2.23. The van der Waals surface area contributed by atoms with Gasteiger partial charge in [-0.2, -0.15) is 0 Å². The van der Waals surface area contributed by atoms with Crippen LogP contribution in [0.25, 0.3) is 11.5 Å². The van der Waals surface area contributed by atoms with Crippen LogP contribution in [0, 0.1) is 0 Å². The van der Waals surface area contributed by atoms with Gasteiger partial charge in [-0.15, -0.1) is 0 Å². The Balaban J connectivity index is 1.62. The topological polar surface area (TPSA) is 107 Å². The lowest BCUT2D eigenvalue weighted by atomic mass is 10.0. The van der Waals surface area contributed by atoms with Gasteiger partial charge in [0.1, 0.15) is 5.69 Å². The number of aromatic nitrogens is 3. The van der Waals surface area contributed by atoms with Crippen molar-refractivity contribution in [2.45, 2.75) is 23.9 Å².